The first kappa shape index (κ1) is 8.75. The molecule has 3 fully saturated rings. The zero-order chi connectivity index (χ0) is 9.71. The number of nitrogens with one attached hydrogen (secondary N) is 1. The van der Waals surface area contributed by atoms with Gasteiger partial charge in [0.25, 0.3) is 0 Å². The first-order chi connectivity index (χ1) is 6.75. The molecule has 2 nitrogen and oxygen atoms in total. The number of fused-ring (bicyclic) bond motifs is 5. The summed E-state index contributed by atoms with van der Waals surface area (Å²) in [6, 6.07) is 0.525. The van der Waals surface area contributed by atoms with Crippen LogP contribution in [0, 0.1) is 23.7 Å². The molecule has 0 aromatic carbocycles. The lowest BCUT2D eigenvalue weighted by molar-refractivity contribution is -0.120. The predicted molar refractivity (Wildman–Crippen MR) is 54.6 cm³/mol. The molecule has 0 spiro atoms. The van der Waals surface area contributed by atoms with Crippen LogP contribution in [0.25, 0.3) is 0 Å². The summed E-state index contributed by atoms with van der Waals surface area (Å²) in [5.74, 6) is 3.94. The van der Waals surface area contributed by atoms with Crippen LogP contribution in [-0.4, -0.2) is 11.9 Å². The van der Waals surface area contributed by atoms with Gasteiger partial charge < -0.3 is 5.32 Å². The normalized spacial score (nSPS) is 49.4. The van der Waals surface area contributed by atoms with Crippen LogP contribution in [0.1, 0.15) is 39.0 Å². The predicted octanol–water partition coefficient (Wildman–Crippen LogP) is 1.95. The molecule has 0 aromatic heterocycles. The smallest absolute Gasteiger partial charge is 0.217 e. The fourth-order valence-corrected chi connectivity index (χ4v) is 4.50. The van der Waals surface area contributed by atoms with Crippen LogP contribution < -0.4 is 5.32 Å². The minimum absolute atomic E-state index is 0.164. The first-order valence-electron chi connectivity index (χ1n) is 6.03. The average molecular weight is 193 g/mol. The van der Waals surface area contributed by atoms with E-state index in [1.807, 2.05) is 0 Å². The Morgan fingerprint density at radius 1 is 1.14 bits per heavy atom. The van der Waals surface area contributed by atoms with Gasteiger partial charge in [-0.05, 0) is 49.4 Å². The largest absolute Gasteiger partial charge is 0.353 e. The van der Waals surface area contributed by atoms with Crippen molar-refractivity contribution >= 4 is 5.91 Å². The Balaban J connectivity index is 1.73. The van der Waals surface area contributed by atoms with E-state index in [2.05, 4.69) is 5.32 Å². The van der Waals surface area contributed by atoms with E-state index in [0.717, 1.165) is 23.7 Å². The van der Waals surface area contributed by atoms with E-state index in [9.17, 15) is 4.79 Å². The fourth-order valence-electron chi connectivity index (χ4n) is 4.50. The molecule has 2 heteroatoms. The summed E-state index contributed by atoms with van der Waals surface area (Å²) in [4.78, 5) is 11.1. The number of hydrogen-bond acceptors (Lipinski definition) is 1. The topological polar surface area (TPSA) is 29.1 Å². The summed E-state index contributed by atoms with van der Waals surface area (Å²) in [5.41, 5.74) is 0. The van der Waals surface area contributed by atoms with Crippen molar-refractivity contribution < 1.29 is 4.79 Å². The Morgan fingerprint density at radius 2 is 1.93 bits per heavy atom. The third-order valence-electron chi connectivity index (χ3n) is 4.82. The second-order valence-electron chi connectivity index (χ2n) is 5.46. The molecule has 0 heterocycles. The van der Waals surface area contributed by atoms with Gasteiger partial charge in [0, 0.05) is 13.0 Å². The highest BCUT2D eigenvalue weighted by atomic mass is 16.1. The fraction of sp³-hybridized carbons (Fsp3) is 0.917. The van der Waals surface area contributed by atoms with Crippen LogP contribution in [0.4, 0.5) is 0 Å². The number of rotatable bonds is 1. The van der Waals surface area contributed by atoms with Crippen LogP contribution >= 0.6 is 0 Å². The maximum atomic E-state index is 11.1. The maximum Gasteiger partial charge on any atom is 0.217 e. The maximum absolute atomic E-state index is 11.1. The summed E-state index contributed by atoms with van der Waals surface area (Å²) in [6.45, 7) is 1.65. The van der Waals surface area contributed by atoms with Crippen molar-refractivity contribution in [3.63, 3.8) is 0 Å². The summed E-state index contributed by atoms with van der Waals surface area (Å²) in [7, 11) is 0. The van der Waals surface area contributed by atoms with Gasteiger partial charge in [0.1, 0.15) is 0 Å². The van der Waals surface area contributed by atoms with Crippen LogP contribution in [0.15, 0.2) is 0 Å². The van der Waals surface area contributed by atoms with E-state index in [0.29, 0.717) is 6.04 Å². The Bertz CT molecular complexity index is 263. The van der Waals surface area contributed by atoms with Gasteiger partial charge in [0.2, 0.25) is 5.91 Å². The minimum atomic E-state index is 0.164. The van der Waals surface area contributed by atoms with Crippen LogP contribution in [0.2, 0.25) is 0 Å². The molecular formula is C12H19NO. The lowest BCUT2D eigenvalue weighted by atomic mass is 9.79. The van der Waals surface area contributed by atoms with E-state index >= 15 is 0 Å². The molecule has 3 rings (SSSR count). The quantitative estimate of drug-likeness (QED) is 0.677. The third-order valence-corrected chi connectivity index (χ3v) is 4.82. The van der Waals surface area contributed by atoms with Crippen molar-refractivity contribution in [3.8, 4) is 0 Å². The Morgan fingerprint density at radius 3 is 2.71 bits per heavy atom. The lowest BCUT2D eigenvalue weighted by Crippen LogP contribution is -2.41. The van der Waals surface area contributed by atoms with Gasteiger partial charge in [0.05, 0.1) is 0 Å². The second-order valence-corrected chi connectivity index (χ2v) is 5.46. The standard InChI is InChI=1S/C12H19NO/c1-7(14)13-12-6-8-5-11(12)10-4-2-3-9(8)10/h8-12H,2-6H2,1H3,(H,13,14)/t8-,9-,10-,11-,12-/m1/s1. The molecule has 14 heavy (non-hydrogen) atoms. The molecule has 0 unspecified atom stereocenters. The Hall–Kier alpha value is -0.530. The molecule has 78 valence electrons. The van der Waals surface area contributed by atoms with Crippen LogP contribution in [0.5, 0.6) is 0 Å². The number of carbonyl (C=O) groups excluding carboxylic acids is 1. The van der Waals surface area contributed by atoms with Crippen molar-refractivity contribution in [3.05, 3.63) is 0 Å². The van der Waals surface area contributed by atoms with Gasteiger partial charge in [-0.25, -0.2) is 0 Å². The van der Waals surface area contributed by atoms with Crippen molar-refractivity contribution in [1.82, 2.24) is 5.32 Å². The second kappa shape index (κ2) is 2.98. The SMILES string of the molecule is CC(=O)N[C@@H]1C[C@H]2C[C@@H]1[C@@H]1CCC[C@H]21. The molecular weight excluding hydrogens is 174 g/mol. The Labute approximate surface area is 85.4 Å². The molecule has 0 aromatic rings. The van der Waals surface area contributed by atoms with Crippen molar-refractivity contribution in [2.75, 3.05) is 0 Å². The van der Waals surface area contributed by atoms with E-state index in [1.54, 1.807) is 6.92 Å². The molecule has 3 aliphatic rings. The highest BCUT2D eigenvalue weighted by molar-refractivity contribution is 5.73. The molecule has 1 N–H and O–H groups in total. The van der Waals surface area contributed by atoms with Gasteiger partial charge >= 0.3 is 0 Å². The number of hydrogen-bond donors (Lipinski definition) is 1. The molecule has 0 saturated heterocycles. The van der Waals surface area contributed by atoms with Crippen molar-refractivity contribution in [2.24, 2.45) is 23.7 Å². The molecule has 0 radical (unpaired) electrons. The van der Waals surface area contributed by atoms with Crippen molar-refractivity contribution in [1.29, 1.82) is 0 Å². The number of amides is 1. The molecule has 3 saturated carbocycles. The molecule has 2 bridgehead atoms. The summed E-state index contributed by atoms with van der Waals surface area (Å²) >= 11 is 0. The summed E-state index contributed by atoms with van der Waals surface area (Å²) in [6.07, 6.45) is 7.02. The van der Waals surface area contributed by atoms with E-state index in [-0.39, 0.29) is 5.91 Å². The van der Waals surface area contributed by atoms with Crippen LogP contribution in [0.3, 0.4) is 0 Å². The van der Waals surface area contributed by atoms with E-state index < -0.39 is 0 Å². The molecule has 3 aliphatic carbocycles. The van der Waals surface area contributed by atoms with Gasteiger partial charge in [-0.3, -0.25) is 4.79 Å². The highest BCUT2D eigenvalue weighted by Crippen LogP contribution is 2.58. The molecule has 0 aliphatic heterocycles. The van der Waals surface area contributed by atoms with Gasteiger partial charge in [0.15, 0.2) is 0 Å². The van der Waals surface area contributed by atoms with Gasteiger partial charge in [-0.2, -0.15) is 0 Å². The van der Waals surface area contributed by atoms with Gasteiger partial charge in [-0.15, -0.1) is 0 Å². The lowest BCUT2D eigenvalue weighted by Gasteiger charge is -2.31. The zero-order valence-electron chi connectivity index (χ0n) is 8.83. The minimum Gasteiger partial charge on any atom is -0.353 e. The third kappa shape index (κ3) is 1.12. The first-order valence-corrected chi connectivity index (χ1v) is 6.03. The van der Waals surface area contributed by atoms with Gasteiger partial charge in [-0.1, -0.05) is 6.42 Å². The average Bonchev–Trinajstić information content (AvgIpc) is 2.68. The zero-order valence-corrected chi connectivity index (χ0v) is 8.83. The highest BCUT2D eigenvalue weighted by Gasteiger charge is 2.53. The number of carbonyl (C=O) groups is 1. The molecule has 5 atom stereocenters. The van der Waals surface area contributed by atoms with E-state index in [4.69, 9.17) is 0 Å². The van der Waals surface area contributed by atoms with E-state index in [1.165, 1.54) is 32.1 Å². The summed E-state index contributed by atoms with van der Waals surface area (Å²) < 4.78 is 0. The van der Waals surface area contributed by atoms with Crippen LogP contribution in [-0.2, 0) is 4.79 Å². The molecule has 1 amide bonds. The Kier molecular flexibility index (Phi) is 1.86. The van der Waals surface area contributed by atoms with Crippen molar-refractivity contribution in [2.45, 2.75) is 45.1 Å². The summed E-state index contributed by atoms with van der Waals surface area (Å²) in [5, 5.41) is 3.15. The monoisotopic (exact) mass is 193 g/mol.